The van der Waals surface area contributed by atoms with Gasteiger partial charge in [0, 0.05) is 11.8 Å². The van der Waals surface area contributed by atoms with E-state index in [1.165, 1.54) is 0 Å². The van der Waals surface area contributed by atoms with Gasteiger partial charge in [-0.2, -0.15) is 0 Å². The molecule has 2 aromatic rings. The fourth-order valence-electron chi connectivity index (χ4n) is 2.27. The predicted molar refractivity (Wildman–Crippen MR) is 88.1 cm³/mol. The number of rotatable bonds is 4. The first-order chi connectivity index (χ1) is 11.4. The molecule has 0 spiro atoms. The van der Waals surface area contributed by atoms with Crippen LogP contribution >= 0.6 is 0 Å². The molecule has 8 heteroatoms. The molecule has 1 aliphatic heterocycles. The minimum atomic E-state index is -0.521. The first-order valence-corrected chi connectivity index (χ1v) is 7.54. The van der Waals surface area contributed by atoms with Gasteiger partial charge in [-0.25, -0.2) is 0 Å². The molecular weight excluding hydrogens is 312 g/mol. The molecule has 0 saturated heterocycles. The zero-order valence-electron chi connectivity index (χ0n) is 13.5. The Morgan fingerprint density at radius 3 is 2.88 bits per heavy atom. The first kappa shape index (κ1) is 15.9. The first-order valence-electron chi connectivity index (χ1n) is 7.54. The highest BCUT2D eigenvalue weighted by Gasteiger charge is 2.24. The molecule has 2 heterocycles. The van der Waals surface area contributed by atoms with Crippen LogP contribution < -0.4 is 20.7 Å². The van der Waals surface area contributed by atoms with Crippen molar-refractivity contribution in [3.05, 3.63) is 30.0 Å². The van der Waals surface area contributed by atoms with Crippen LogP contribution in [0.15, 0.2) is 28.8 Å². The SMILES string of the molecule is Cc1cc(NC(=O)[C@@H](C)Nc2ccc3c(c2)NC(=O)[C@H](C)O3)no1. The largest absolute Gasteiger partial charge is 0.479 e. The Bertz CT molecular complexity index is 786. The van der Waals surface area contributed by atoms with E-state index in [2.05, 4.69) is 21.1 Å². The third kappa shape index (κ3) is 3.32. The van der Waals surface area contributed by atoms with Crippen LogP contribution in [-0.4, -0.2) is 29.1 Å². The van der Waals surface area contributed by atoms with E-state index in [4.69, 9.17) is 9.26 Å². The Hall–Kier alpha value is -3.03. The minimum Gasteiger partial charge on any atom is -0.479 e. The lowest BCUT2D eigenvalue weighted by molar-refractivity contribution is -0.122. The Labute approximate surface area is 138 Å². The second-order valence-corrected chi connectivity index (χ2v) is 5.64. The molecule has 8 nitrogen and oxygen atoms in total. The van der Waals surface area contributed by atoms with Crippen molar-refractivity contribution in [1.29, 1.82) is 0 Å². The van der Waals surface area contributed by atoms with E-state index in [0.717, 1.165) is 0 Å². The van der Waals surface area contributed by atoms with Crippen molar-refractivity contribution in [2.24, 2.45) is 0 Å². The summed E-state index contributed by atoms with van der Waals surface area (Å²) in [6.45, 7) is 5.15. The van der Waals surface area contributed by atoms with Gasteiger partial charge >= 0.3 is 0 Å². The van der Waals surface area contributed by atoms with Crippen LogP contribution in [0.5, 0.6) is 5.75 Å². The summed E-state index contributed by atoms with van der Waals surface area (Å²) in [5.41, 5.74) is 1.26. The number of nitrogens with one attached hydrogen (secondary N) is 3. The number of aryl methyl sites for hydroxylation is 1. The number of fused-ring (bicyclic) bond motifs is 1. The number of amides is 2. The van der Waals surface area contributed by atoms with Gasteiger partial charge in [0.05, 0.1) is 5.69 Å². The average molecular weight is 330 g/mol. The van der Waals surface area contributed by atoms with Crippen LogP contribution in [0, 0.1) is 6.92 Å². The molecule has 0 saturated carbocycles. The summed E-state index contributed by atoms with van der Waals surface area (Å²) in [5, 5.41) is 12.2. The Morgan fingerprint density at radius 2 is 2.17 bits per heavy atom. The molecular formula is C16H18N4O4. The molecule has 1 aromatic carbocycles. The van der Waals surface area contributed by atoms with Gasteiger partial charge in [-0.05, 0) is 39.0 Å². The van der Waals surface area contributed by atoms with Gasteiger partial charge in [-0.1, -0.05) is 5.16 Å². The van der Waals surface area contributed by atoms with Crippen LogP contribution in [0.3, 0.4) is 0 Å². The number of carbonyl (C=O) groups is 2. The molecule has 1 aliphatic rings. The minimum absolute atomic E-state index is 0.202. The maximum absolute atomic E-state index is 12.2. The lowest BCUT2D eigenvalue weighted by Gasteiger charge is -2.24. The predicted octanol–water partition coefficient (Wildman–Crippen LogP) is 2.14. The van der Waals surface area contributed by atoms with E-state index in [1.807, 2.05) is 0 Å². The van der Waals surface area contributed by atoms with Crippen molar-refractivity contribution in [2.75, 3.05) is 16.0 Å². The number of hydrogen-bond acceptors (Lipinski definition) is 6. The second-order valence-electron chi connectivity index (χ2n) is 5.64. The summed E-state index contributed by atoms with van der Waals surface area (Å²) in [4.78, 5) is 23.8. The Kier molecular flexibility index (Phi) is 4.11. The summed E-state index contributed by atoms with van der Waals surface area (Å²) in [5.74, 6) is 1.13. The quantitative estimate of drug-likeness (QED) is 0.793. The van der Waals surface area contributed by atoms with Crippen LogP contribution in [0.2, 0.25) is 0 Å². The van der Waals surface area contributed by atoms with E-state index in [9.17, 15) is 9.59 Å². The molecule has 0 bridgehead atoms. The second kappa shape index (κ2) is 6.23. The van der Waals surface area contributed by atoms with Crippen molar-refractivity contribution >= 4 is 29.0 Å². The molecule has 0 aliphatic carbocycles. The van der Waals surface area contributed by atoms with Crippen molar-refractivity contribution in [1.82, 2.24) is 5.16 Å². The van der Waals surface area contributed by atoms with Gasteiger partial charge < -0.3 is 25.2 Å². The molecule has 0 fully saturated rings. The van der Waals surface area contributed by atoms with E-state index >= 15 is 0 Å². The summed E-state index contributed by atoms with van der Waals surface area (Å²) in [6, 6.07) is 6.38. The highest BCUT2D eigenvalue weighted by molar-refractivity contribution is 5.98. The number of benzene rings is 1. The standard InChI is InChI=1S/C16H18N4O4/c1-8-6-14(20-24-8)19-15(21)9(2)17-11-4-5-13-12(7-11)18-16(22)10(3)23-13/h4-7,9-10,17H,1-3H3,(H,18,22)(H,19,20,21)/t9-,10+/m1/s1. The summed E-state index contributed by atoms with van der Waals surface area (Å²) in [6.07, 6.45) is -0.521. The zero-order chi connectivity index (χ0) is 17.3. The number of aromatic nitrogens is 1. The van der Waals surface area contributed by atoms with Crippen molar-refractivity contribution in [3.63, 3.8) is 0 Å². The number of carbonyl (C=O) groups excluding carboxylic acids is 2. The fourth-order valence-corrected chi connectivity index (χ4v) is 2.27. The highest BCUT2D eigenvalue weighted by atomic mass is 16.5. The van der Waals surface area contributed by atoms with Gasteiger partial charge in [0.15, 0.2) is 11.9 Å². The van der Waals surface area contributed by atoms with E-state index < -0.39 is 12.1 Å². The van der Waals surface area contributed by atoms with Gasteiger partial charge in [0.25, 0.3) is 5.91 Å². The molecule has 3 N–H and O–H groups in total. The third-order valence-corrected chi connectivity index (χ3v) is 3.57. The lowest BCUT2D eigenvalue weighted by atomic mass is 10.2. The number of nitrogens with zero attached hydrogens (tertiary/aromatic N) is 1. The van der Waals surface area contributed by atoms with Crippen LogP contribution in [0.4, 0.5) is 17.2 Å². The molecule has 2 amide bonds. The Morgan fingerprint density at radius 1 is 1.38 bits per heavy atom. The van der Waals surface area contributed by atoms with Gasteiger partial charge in [0.2, 0.25) is 5.91 Å². The number of ether oxygens (including phenoxy) is 1. The summed E-state index contributed by atoms with van der Waals surface area (Å²) in [7, 11) is 0. The normalized spacial score (nSPS) is 17.3. The van der Waals surface area contributed by atoms with Gasteiger partial charge in [-0.15, -0.1) is 0 Å². The lowest BCUT2D eigenvalue weighted by Crippen LogP contribution is -2.34. The summed E-state index contributed by atoms with van der Waals surface area (Å²) < 4.78 is 10.4. The van der Waals surface area contributed by atoms with Crippen LogP contribution in [0.1, 0.15) is 19.6 Å². The molecule has 1 aromatic heterocycles. The van der Waals surface area contributed by atoms with Gasteiger partial charge in [-0.3, -0.25) is 9.59 Å². The van der Waals surface area contributed by atoms with Crippen molar-refractivity contribution in [2.45, 2.75) is 32.9 Å². The van der Waals surface area contributed by atoms with Crippen molar-refractivity contribution < 1.29 is 18.8 Å². The van der Waals surface area contributed by atoms with E-state index in [0.29, 0.717) is 28.7 Å². The Balaban J connectivity index is 1.66. The maximum Gasteiger partial charge on any atom is 0.265 e. The van der Waals surface area contributed by atoms with Crippen LogP contribution in [0.25, 0.3) is 0 Å². The molecule has 3 rings (SSSR count). The van der Waals surface area contributed by atoms with E-state index in [1.54, 1.807) is 45.0 Å². The van der Waals surface area contributed by atoms with Crippen LogP contribution in [-0.2, 0) is 9.59 Å². The van der Waals surface area contributed by atoms with Gasteiger partial charge in [0.1, 0.15) is 17.6 Å². The third-order valence-electron chi connectivity index (χ3n) is 3.57. The topological polar surface area (TPSA) is 105 Å². The molecule has 24 heavy (non-hydrogen) atoms. The molecule has 126 valence electrons. The fraction of sp³-hybridized carbons (Fsp3) is 0.312. The molecule has 2 atom stereocenters. The summed E-state index contributed by atoms with van der Waals surface area (Å²) >= 11 is 0. The smallest absolute Gasteiger partial charge is 0.265 e. The van der Waals surface area contributed by atoms with Crippen molar-refractivity contribution in [3.8, 4) is 5.75 Å². The zero-order valence-corrected chi connectivity index (χ0v) is 13.5. The molecule has 0 unspecified atom stereocenters. The number of hydrogen-bond donors (Lipinski definition) is 3. The van der Waals surface area contributed by atoms with E-state index in [-0.39, 0.29) is 11.8 Å². The highest BCUT2D eigenvalue weighted by Crippen LogP contribution is 2.32. The number of anilines is 3. The molecule has 0 radical (unpaired) electrons. The maximum atomic E-state index is 12.2. The monoisotopic (exact) mass is 330 g/mol. The average Bonchev–Trinajstić information content (AvgIpc) is 2.93.